The van der Waals surface area contributed by atoms with Crippen molar-refractivity contribution in [3.05, 3.63) is 35.4 Å². The number of amides is 2. The third-order valence-corrected chi connectivity index (χ3v) is 5.68. The summed E-state index contributed by atoms with van der Waals surface area (Å²) in [5.41, 5.74) is 3.02. The topological polar surface area (TPSA) is 50.4 Å². The molecule has 0 unspecified atom stereocenters. The first-order valence-electron chi connectivity index (χ1n) is 8.48. The van der Waals surface area contributed by atoms with Crippen LogP contribution in [0.4, 0.5) is 4.79 Å². The van der Waals surface area contributed by atoms with E-state index >= 15 is 0 Å². The molecule has 1 heterocycles. The smallest absolute Gasteiger partial charge is 0.315 e. The van der Waals surface area contributed by atoms with Gasteiger partial charge in [-0.2, -0.15) is 0 Å². The highest BCUT2D eigenvalue weighted by molar-refractivity contribution is 5.74. The minimum absolute atomic E-state index is 0.0423. The molecule has 0 aromatic heterocycles. The molecule has 1 saturated heterocycles. The maximum atomic E-state index is 12.1. The van der Waals surface area contributed by atoms with Crippen molar-refractivity contribution in [3.63, 3.8) is 0 Å². The molecule has 4 nitrogen and oxygen atoms in total. The van der Waals surface area contributed by atoms with Crippen LogP contribution in [0.15, 0.2) is 24.3 Å². The molecule has 2 N–H and O–H groups in total. The molecule has 22 heavy (non-hydrogen) atoms. The van der Waals surface area contributed by atoms with E-state index in [1.165, 1.54) is 24.0 Å². The molecule has 1 aliphatic heterocycles. The maximum Gasteiger partial charge on any atom is 0.315 e. The van der Waals surface area contributed by atoms with Crippen LogP contribution in [0.5, 0.6) is 0 Å². The number of hydrogen-bond donors (Lipinski definition) is 2. The monoisotopic (exact) mass is 300 g/mol. The van der Waals surface area contributed by atoms with E-state index in [1.807, 2.05) is 6.92 Å². The minimum Gasteiger partial charge on any atom is -0.376 e. The van der Waals surface area contributed by atoms with Crippen LogP contribution >= 0.6 is 0 Å². The van der Waals surface area contributed by atoms with Crippen LogP contribution in [-0.4, -0.2) is 31.3 Å². The van der Waals surface area contributed by atoms with Gasteiger partial charge in [-0.1, -0.05) is 24.3 Å². The van der Waals surface area contributed by atoms with E-state index in [-0.39, 0.29) is 18.2 Å². The van der Waals surface area contributed by atoms with Crippen molar-refractivity contribution in [1.82, 2.24) is 10.6 Å². The molecule has 2 fully saturated rings. The van der Waals surface area contributed by atoms with Gasteiger partial charge in [-0.25, -0.2) is 4.79 Å². The number of fused-ring (bicyclic) bond motifs is 3. The van der Waals surface area contributed by atoms with Crippen molar-refractivity contribution in [2.45, 2.75) is 44.2 Å². The molecule has 0 bridgehead atoms. The lowest BCUT2D eigenvalue weighted by Crippen LogP contribution is -2.45. The molecule has 118 valence electrons. The zero-order valence-corrected chi connectivity index (χ0v) is 13.0. The van der Waals surface area contributed by atoms with E-state index in [0.717, 1.165) is 25.5 Å². The fraction of sp³-hybridized carbons (Fsp3) is 0.611. The SMILES string of the molecule is C[C@@H]1OCC[C@@H]1NC(=O)NC[C@@H]1[C@@H]2CCc3ccccc3[C@@H]12. The second-order valence-electron chi connectivity index (χ2n) is 6.92. The summed E-state index contributed by atoms with van der Waals surface area (Å²) >= 11 is 0. The van der Waals surface area contributed by atoms with Crippen molar-refractivity contribution < 1.29 is 9.53 Å². The standard InChI is InChI=1S/C18H24N2O2/c1-11-16(8-9-22-11)20-18(21)19-10-15-14-7-6-12-4-2-3-5-13(12)17(14)15/h2-5,11,14-17H,6-10H2,1H3,(H2,19,20,21)/t11-,14-,15+,16-,17+/m0/s1. The van der Waals surface area contributed by atoms with Crippen molar-refractivity contribution in [2.75, 3.05) is 13.2 Å². The van der Waals surface area contributed by atoms with Crippen molar-refractivity contribution in [1.29, 1.82) is 0 Å². The highest BCUT2D eigenvalue weighted by Gasteiger charge is 2.52. The first kappa shape index (κ1) is 14.1. The summed E-state index contributed by atoms with van der Waals surface area (Å²) in [5, 5.41) is 6.11. The number of hydrogen-bond acceptors (Lipinski definition) is 2. The van der Waals surface area contributed by atoms with E-state index in [9.17, 15) is 4.79 Å². The number of carbonyl (C=O) groups excluding carboxylic acids is 1. The zero-order chi connectivity index (χ0) is 15.1. The minimum atomic E-state index is -0.0423. The van der Waals surface area contributed by atoms with E-state index in [2.05, 4.69) is 34.9 Å². The predicted octanol–water partition coefficient (Wildman–Crippen LogP) is 2.44. The number of urea groups is 1. The van der Waals surface area contributed by atoms with Crippen LogP contribution in [0.1, 0.15) is 36.8 Å². The highest BCUT2D eigenvalue weighted by Crippen LogP contribution is 2.59. The Morgan fingerprint density at radius 2 is 2.18 bits per heavy atom. The van der Waals surface area contributed by atoms with Crippen LogP contribution in [0.3, 0.4) is 0 Å². The number of benzene rings is 1. The largest absolute Gasteiger partial charge is 0.376 e. The fourth-order valence-electron chi connectivity index (χ4n) is 4.34. The second kappa shape index (κ2) is 5.58. The summed E-state index contributed by atoms with van der Waals surface area (Å²) in [6.45, 7) is 3.55. The van der Waals surface area contributed by atoms with Gasteiger partial charge in [-0.15, -0.1) is 0 Å². The Morgan fingerprint density at radius 3 is 3.00 bits per heavy atom. The predicted molar refractivity (Wildman–Crippen MR) is 84.8 cm³/mol. The Hall–Kier alpha value is -1.55. The Kier molecular flexibility index (Phi) is 3.57. The molecule has 5 atom stereocenters. The molecular weight excluding hydrogens is 276 g/mol. The average Bonchev–Trinajstić information content (AvgIpc) is 3.12. The Morgan fingerprint density at radius 1 is 1.32 bits per heavy atom. The molecule has 1 saturated carbocycles. The number of ether oxygens (including phenoxy) is 1. The maximum absolute atomic E-state index is 12.1. The van der Waals surface area contributed by atoms with Crippen molar-refractivity contribution in [3.8, 4) is 0 Å². The third kappa shape index (κ3) is 2.50. The number of nitrogens with one attached hydrogen (secondary N) is 2. The number of rotatable bonds is 3. The lowest BCUT2D eigenvalue weighted by molar-refractivity contribution is 0.114. The number of carbonyl (C=O) groups is 1. The van der Waals surface area contributed by atoms with Gasteiger partial charge in [0, 0.05) is 13.2 Å². The van der Waals surface area contributed by atoms with Crippen LogP contribution in [0.2, 0.25) is 0 Å². The molecule has 4 heteroatoms. The van der Waals surface area contributed by atoms with E-state index in [0.29, 0.717) is 11.8 Å². The second-order valence-corrected chi connectivity index (χ2v) is 6.92. The molecule has 0 radical (unpaired) electrons. The lowest BCUT2D eigenvalue weighted by atomic mass is 9.92. The van der Waals surface area contributed by atoms with Crippen LogP contribution in [0.25, 0.3) is 0 Å². The van der Waals surface area contributed by atoms with Crippen LogP contribution in [0, 0.1) is 11.8 Å². The number of aryl methyl sites for hydroxylation is 1. The molecule has 3 aliphatic rings. The quantitative estimate of drug-likeness (QED) is 0.901. The van der Waals surface area contributed by atoms with Gasteiger partial charge in [0.15, 0.2) is 0 Å². The van der Waals surface area contributed by atoms with E-state index < -0.39 is 0 Å². The molecule has 1 aromatic carbocycles. The van der Waals surface area contributed by atoms with Crippen molar-refractivity contribution in [2.24, 2.45) is 11.8 Å². The average molecular weight is 300 g/mol. The molecule has 0 spiro atoms. The summed E-state index contributed by atoms with van der Waals surface area (Å²) < 4.78 is 5.48. The Labute approximate surface area is 131 Å². The van der Waals surface area contributed by atoms with Gasteiger partial charge >= 0.3 is 6.03 Å². The normalized spacial score (nSPS) is 35.4. The lowest BCUT2D eigenvalue weighted by Gasteiger charge is -2.16. The molecule has 2 amide bonds. The molecule has 1 aromatic rings. The van der Waals surface area contributed by atoms with Crippen LogP contribution < -0.4 is 10.6 Å². The van der Waals surface area contributed by atoms with Gasteiger partial charge in [0.25, 0.3) is 0 Å². The Bertz CT molecular complexity index is 574. The Balaban J connectivity index is 1.30. The first-order valence-corrected chi connectivity index (χ1v) is 8.48. The summed E-state index contributed by atoms with van der Waals surface area (Å²) in [4.78, 5) is 12.1. The van der Waals surface area contributed by atoms with E-state index in [1.54, 1.807) is 0 Å². The van der Waals surface area contributed by atoms with E-state index in [4.69, 9.17) is 4.74 Å². The highest BCUT2D eigenvalue weighted by atomic mass is 16.5. The fourth-order valence-corrected chi connectivity index (χ4v) is 4.34. The summed E-state index contributed by atoms with van der Waals surface area (Å²) in [6, 6.07) is 8.90. The van der Waals surface area contributed by atoms with Gasteiger partial charge in [0.05, 0.1) is 12.1 Å². The zero-order valence-electron chi connectivity index (χ0n) is 13.0. The summed E-state index contributed by atoms with van der Waals surface area (Å²) in [5.74, 6) is 2.05. The van der Waals surface area contributed by atoms with Crippen LogP contribution in [-0.2, 0) is 11.2 Å². The first-order chi connectivity index (χ1) is 10.7. The van der Waals surface area contributed by atoms with Gasteiger partial charge < -0.3 is 15.4 Å². The van der Waals surface area contributed by atoms with Gasteiger partial charge in [-0.3, -0.25) is 0 Å². The van der Waals surface area contributed by atoms with Gasteiger partial charge in [0.1, 0.15) is 0 Å². The van der Waals surface area contributed by atoms with Gasteiger partial charge in [-0.05, 0) is 55.1 Å². The molecular formula is C18H24N2O2. The molecule has 2 aliphatic carbocycles. The summed E-state index contributed by atoms with van der Waals surface area (Å²) in [6.07, 6.45) is 3.50. The third-order valence-electron chi connectivity index (χ3n) is 5.68. The van der Waals surface area contributed by atoms with Crippen molar-refractivity contribution >= 4 is 6.03 Å². The molecule has 4 rings (SSSR count). The summed E-state index contributed by atoms with van der Waals surface area (Å²) in [7, 11) is 0. The van der Waals surface area contributed by atoms with Gasteiger partial charge in [0.2, 0.25) is 0 Å².